The number of hydrogen-bond donors (Lipinski definition) is 0. The Morgan fingerprint density at radius 1 is 1.35 bits per heavy atom. The maximum atomic E-state index is 5.51. The van der Waals surface area contributed by atoms with Gasteiger partial charge in [-0.1, -0.05) is 46.9 Å². The fraction of sp³-hybridized carbons (Fsp3) is 0.571. The number of nitrogens with zero attached hydrogens (tertiary/aromatic N) is 1. The van der Waals surface area contributed by atoms with Crippen molar-refractivity contribution in [3.8, 4) is 12.3 Å². The first kappa shape index (κ1) is 17.0. The van der Waals surface area contributed by atoms with E-state index in [1.807, 2.05) is 0 Å². The normalized spacial score (nSPS) is 22.9. The van der Waals surface area contributed by atoms with Gasteiger partial charge in [0.25, 0.3) is 0 Å². The average Bonchev–Trinajstić information content (AvgIpc) is 2.29. The lowest BCUT2D eigenvalue weighted by Crippen LogP contribution is -3.00. The molecule has 0 radical (unpaired) electrons. The molecule has 17 heavy (non-hydrogen) atoms. The van der Waals surface area contributed by atoms with Crippen molar-refractivity contribution in [3.63, 3.8) is 0 Å². The highest BCUT2D eigenvalue weighted by Crippen LogP contribution is 2.32. The van der Waals surface area contributed by atoms with Crippen LogP contribution in [-0.4, -0.2) is 34.1 Å². The first-order valence-corrected chi connectivity index (χ1v) is 6.99. The standard InChI is InChI=1S/C14H21IN.ClH/c1-4-12-16(5-2,6-3)13-14(15)10-8-7-9-11-14;/h1,7-10H,5-6,11-13H2,2-3H3;1H/q+1;/p-1. The van der Waals surface area contributed by atoms with Crippen LogP contribution < -0.4 is 12.4 Å². The van der Waals surface area contributed by atoms with E-state index in [1.165, 1.54) is 0 Å². The van der Waals surface area contributed by atoms with Crippen molar-refractivity contribution in [1.29, 1.82) is 0 Å². The summed E-state index contributed by atoms with van der Waals surface area (Å²) in [5.74, 6) is 2.84. The molecule has 0 saturated carbocycles. The summed E-state index contributed by atoms with van der Waals surface area (Å²) in [7, 11) is 0. The minimum atomic E-state index is 0. The lowest BCUT2D eigenvalue weighted by molar-refractivity contribution is -0.918. The highest BCUT2D eigenvalue weighted by Gasteiger charge is 2.35. The van der Waals surface area contributed by atoms with Gasteiger partial charge in [0.15, 0.2) is 0 Å². The molecule has 0 aliphatic heterocycles. The number of terminal acetylenes is 1. The smallest absolute Gasteiger partial charge is 0.140 e. The van der Waals surface area contributed by atoms with Gasteiger partial charge in [0.2, 0.25) is 0 Å². The molecule has 0 N–H and O–H groups in total. The molecule has 0 aromatic heterocycles. The molecule has 3 heteroatoms. The molecule has 1 rings (SSSR count). The number of allylic oxidation sites excluding steroid dienone is 3. The zero-order chi connectivity index (χ0) is 12.1. The summed E-state index contributed by atoms with van der Waals surface area (Å²) in [5.41, 5.74) is 0. The summed E-state index contributed by atoms with van der Waals surface area (Å²) in [5, 5.41) is 0. The number of hydrogen-bond acceptors (Lipinski definition) is 0. The largest absolute Gasteiger partial charge is 1.00 e. The van der Waals surface area contributed by atoms with Crippen molar-refractivity contribution in [1.82, 2.24) is 0 Å². The van der Waals surface area contributed by atoms with Gasteiger partial charge in [0.05, 0.1) is 23.1 Å². The molecule has 0 aromatic carbocycles. The van der Waals surface area contributed by atoms with Crippen molar-refractivity contribution in [2.75, 3.05) is 26.2 Å². The van der Waals surface area contributed by atoms with Gasteiger partial charge in [-0.05, 0) is 26.2 Å². The van der Waals surface area contributed by atoms with Crippen LogP contribution in [0.1, 0.15) is 20.3 Å². The van der Waals surface area contributed by atoms with Gasteiger partial charge in [-0.3, -0.25) is 0 Å². The van der Waals surface area contributed by atoms with Crippen LogP contribution in [0.2, 0.25) is 0 Å². The van der Waals surface area contributed by atoms with E-state index in [-0.39, 0.29) is 15.8 Å². The third-order valence-electron chi connectivity index (χ3n) is 3.47. The summed E-state index contributed by atoms with van der Waals surface area (Å²) in [4.78, 5) is 0. The molecular weight excluding hydrogens is 345 g/mol. The van der Waals surface area contributed by atoms with Crippen LogP contribution >= 0.6 is 22.6 Å². The fourth-order valence-electron chi connectivity index (χ4n) is 2.23. The van der Waals surface area contributed by atoms with Crippen molar-refractivity contribution in [2.24, 2.45) is 0 Å². The van der Waals surface area contributed by atoms with E-state index >= 15 is 0 Å². The Labute approximate surface area is 125 Å². The fourth-order valence-corrected chi connectivity index (χ4v) is 3.42. The van der Waals surface area contributed by atoms with E-state index in [9.17, 15) is 0 Å². The monoisotopic (exact) mass is 365 g/mol. The molecular formula is C14H21ClIN. The van der Waals surface area contributed by atoms with Gasteiger partial charge in [-0.25, -0.2) is 0 Å². The van der Waals surface area contributed by atoms with Gasteiger partial charge in [-0.2, -0.15) is 0 Å². The number of alkyl halides is 1. The summed E-state index contributed by atoms with van der Waals surface area (Å²) in [6, 6.07) is 0. The zero-order valence-corrected chi connectivity index (χ0v) is 13.5. The van der Waals surface area contributed by atoms with E-state index in [2.05, 4.69) is 66.7 Å². The van der Waals surface area contributed by atoms with Crippen LogP contribution in [0.25, 0.3) is 0 Å². The van der Waals surface area contributed by atoms with E-state index in [4.69, 9.17) is 6.42 Å². The van der Waals surface area contributed by atoms with Gasteiger partial charge < -0.3 is 16.9 Å². The highest BCUT2D eigenvalue weighted by molar-refractivity contribution is 14.1. The Morgan fingerprint density at radius 2 is 2.00 bits per heavy atom. The minimum absolute atomic E-state index is 0. The summed E-state index contributed by atoms with van der Waals surface area (Å²) < 4.78 is 1.27. The van der Waals surface area contributed by atoms with E-state index in [1.54, 1.807) is 0 Å². The SMILES string of the molecule is C#CC[N+](CC)(CC)CC1(I)C=CC=CC1.[Cl-]. The molecule has 0 bridgehead atoms. The summed E-state index contributed by atoms with van der Waals surface area (Å²) in [6.07, 6.45) is 15.5. The third kappa shape index (κ3) is 4.65. The Kier molecular flexibility index (Phi) is 7.46. The Hall–Kier alpha value is 0.0200. The Balaban J connectivity index is 0.00000256. The molecule has 1 atom stereocenters. The van der Waals surface area contributed by atoms with Gasteiger partial charge in [0, 0.05) is 0 Å². The van der Waals surface area contributed by atoms with Crippen LogP contribution in [0.5, 0.6) is 0 Å². The second-order valence-corrected chi connectivity index (χ2v) is 6.67. The first-order valence-electron chi connectivity index (χ1n) is 5.91. The topological polar surface area (TPSA) is 0 Å². The molecule has 0 heterocycles. The average molecular weight is 366 g/mol. The van der Waals surface area contributed by atoms with Crippen molar-refractivity contribution < 1.29 is 16.9 Å². The second kappa shape index (κ2) is 7.45. The van der Waals surface area contributed by atoms with Crippen LogP contribution in [0, 0.1) is 12.3 Å². The van der Waals surface area contributed by atoms with Crippen molar-refractivity contribution in [2.45, 2.75) is 23.7 Å². The molecule has 1 aliphatic rings. The second-order valence-electron chi connectivity index (χ2n) is 4.52. The molecule has 1 unspecified atom stereocenters. The van der Waals surface area contributed by atoms with Crippen LogP contribution in [0.3, 0.4) is 0 Å². The zero-order valence-electron chi connectivity index (χ0n) is 10.6. The van der Waals surface area contributed by atoms with Crippen LogP contribution in [0.4, 0.5) is 0 Å². The summed E-state index contributed by atoms with van der Waals surface area (Å²) >= 11 is 2.58. The highest BCUT2D eigenvalue weighted by atomic mass is 127. The molecule has 0 saturated heterocycles. The van der Waals surface area contributed by atoms with E-state index in [0.29, 0.717) is 0 Å². The Bertz CT molecular complexity index is 326. The Morgan fingerprint density at radius 3 is 2.41 bits per heavy atom. The lowest BCUT2D eigenvalue weighted by Gasteiger charge is -2.41. The van der Waals surface area contributed by atoms with Crippen LogP contribution in [0.15, 0.2) is 24.3 Å². The number of rotatable bonds is 5. The molecule has 96 valence electrons. The van der Waals surface area contributed by atoms with Crippen LogP contribution in [-0.2, 0) is 0 Å². The molecule has 0 fully saturated rings. The quantitative estimate of drug-likeness (QED) is 0.282. The molecule has 0 spiro atoms. The maximum absolute atomic E-state index is 5.51. The van der Waals surface area contributed by atoms with E-state index in [0.717, 1.165) is 37.1 Å². The number of quaternary nitrogens is 1. The molecule has 1 aliphatic carbocycles. The first-order chi connectivity index (χ1) is 7.60. The van der Waals surface area contributed by atoms with Crippen molar-refractivity contribution >= 4 is 22.6 Å². The van der Waals surface area contributed by atoms with Crippen molar-refractivity contribution in [3.05, 3.63) is 24.3 Å². The van der Waals surface area contributed by atoms with E-state index < -0.39 is 0 Å². The summed E-state index contributed by atoms with van der Waals surface area (Å²) in [6.45, 7) is 8.68. The van der Waals surface area contributed by atoms with Gasteiger partial charge >= 0.3 is 0 Å². The third-order valence-corrected chi connectivity index (χ3v) is 4.61. The molecule has 1 nitrogen and oxygen atoms in total. The minimum Gasteiger partial charge on any atom is -1.00 e. The lowest BCUT2D eigenvalue weighted by atomic mass is 9.98. The van der Waals surface area contributed by atoms with Gasteiger partial charge in [-0.15, -0.1) is 6.42 Å². The maximum Gasteiger partial charge on any atom is 0.140 e. The predicted molar refractivity (Wildman–Crippen MR) is 79.6 cm³/mol. The molecule has 0 amide bonds. The predicted octanol–water partition coefficient (Wildman–Crippen LogP) is 0.170. The van der Waals surface area contributed by atoms with Gasteiger partial charge in [0.1, 0.15) is 6.54 Å². The number of halogens is 2. The molecule has 0 aromatic rings.